The van der Waals surface area contributed by atoms with Gasteiger partial charge in [0.1, 0.15) is 24.9 Å². The quantitative estimate of drug-likeness (QED) is 0.393. The first kappa shape index (κ1) is 21.7. The van der Waals surface area contributed by atoms with Crippen LogP contribution in [0.3, 0.4) is 0 Å². The molecular weight excluding hydrogens is 362 g/mol. The Morgan fingerprint density at radius 2 is 1.81 bits per heavy atom. The molecule has 26 heavy (non-hydrogen) atoms. The first-order valence-corrected chi connectivity index (χ1v) is 11.7. The molecule has 0 saturated carbocycles. The number of aliphatic hydroxyl groups excluding tert-OH is 2. The number of ether oxygens (including phenoxy) is 3. The summed E-state index contributed by atoms with van der Waals surface area (Å²) in [4.78, 5) is 10.4. The smallest absolute Gasteiger partial charge is 0.263 e. The molecule has 0 aliphatic carbocycles. The van der Waals surface area contributed by atoms with Crippen LogP contribution in [0.5, 0.6) is 0 Å². The van der Waals surface area contributed by atoms with Gasteiger partial charge in [0.05, 0.1) is 0 Å². The van der Waals surface area contributed by atoms with Gasteiger partial charge in [0, 0.05) is 4.92 Å². The number of nitrogens with zero attached hydrogens (tertiary/aromatic N) is 1. The van der Waals surface area contributed by atoms with Gasteiger partial charge in [-0.05, 0) is 32.0 Å². The molecule has 2 rings (SSSR count). The molecule has 2 aliphatic rings. The molecule has 0 aromatic carbocycles. The number of aliphatic hydroxyl groups is 2. The van der Waals surface area contributed by atoms with Crippen LogP contribution in [0.4, 0.5) is 0 Å². The molecular formula is C16H31NO8Si. The van der Waals surface area contributed by atoms with Crippen LogP contribution >= 0.6 is 0 Å². The molecule has 0 aromatic rings. The van der Waals surface area contributed by atoms with E-state index in [1.807, 2.05) is 0 Å². The highest BCUT2D eigenvalue weighted by Crippen LogP contribution is 2.44. The molecule has 2 saturated heterocycles. The molecule has 0 radical (unpaired) electrons. The maximum Gasteiger partial charge on any atom is 0.263 e. The van der Waals surface area contributed by atoms with Crippen molar-refractivity contribution in [1.29, 1.82) is 0 Å². The predicted octanol–water partition coefficient (Wildman–Crippen LogP) is 1.25. The second-order valence-corrected chi connectivity index (χ2v) is 13.7. The third-order valence-corrected chi connectivity index (χ3v) is 9.89. The lowest BCUT2D eigenvalue weighted by Gasteiger charge is -2.39. The highest BCUT2D eigenvalue weighted by molar-refractivity contribution is 6.74. The maximum atomic E-state index is 11.1. The van der Waals surface area contributed by atoms with Crippen LogP contribution in [0.15, 0.2) is 0 Å². The third kappa shape index (κ3) is 4.11. The van der Waals surface area contributed by atoms with Crippen molar-refractivity contribution < 1.29 is 33.8 Å². The van der Waals surface area contributed by atoms with Gasteiger partial charge < -0.3 is 28.8 Å². The Kier molecular flexibility index (Phi) is 5.90. The van der Waals surface area contributed by atoms with Crippen LogP contribution in [-0.4, -0.2) is 72.6 Å². The third-order valence-electron chi connectivity index (χ3n) is 5.45. The fourth-order valence-electron chi connectivity index (χ4n) is 2.95. The largest absolute Gasteiger partial charge is 0.390 e. The van der Waals surface area contributed by atoms with Gasteiger partial charge in [0.25, 0.3) is 6.04 Å². The molecule has 0 spiro atoms. The zero-order valence-electron chi connectivity index (χ0n) is 16.5. The minimum Gasteiger partial charge on any atom is -0.390 e. The van der Waals surface area contributed by atoms with Gasteiger partial charge in [-0.1, -0.05) is 20.8 Å². The van der Waals surface area contributed by atoms with Gasteiger partial charge in [-0.2, -0.15) is 0 Å². The Bertz CT molecular complexity index is 535. The number of hydrogen-bond acceptors (Lipinski definition) is 8. The summed E-state index contributed by atoms with van der Waals surface area (Å²) in [6, 6.07) is -1.57. The molecule has 2 N–H and O–H groups in total. The van der Waals surface area contributed by atoms with Gasteiger partial charge in [0.15, 0.2) is 26.5 Å². The molecule has 2 heterocycles. The van der Waals surface area contributed by atoms with Gasteiger partial charge in [-0.25, -0.2) is 0 Å². The standard InChI is InChI=1S/C16H31NO8Si/c1-15(2,3)26(6,7)25-14-13-12(23-16(4,5)24-13)11(22-14)10(19)9(8-18)17(20)21/h9-14,18-19H,8H2,1-7H3/t9-,10-,11-,12+,13+,14-/m1/s1. The monoisotopic (exact) mass is 393 g/mol. The van der Waals surface area contributed by atoms with E-state index in [1.54, 1.807) is 13.8 Å². The van der Waals surface area contributed by atoms with E-state index in [2.05, 4.69) is 33.9 Å². The summed E-state index contributed by atoms with van der Waals surface area (Å²) in [6.45, 7) is 13.0. The lowest BCUT2D eigenvalue weighted by molar-refractivity contribution is -0.541. The SMILES string of the molecule is CC1(C)O[C@@H]2[C@H](O1)[C@@H](O[Si](C)(C)C(C)(C)C)O[C@@H]2[C@H](O)[C@@H](CO)[N+](=O)[O-]. The van der Waals surface area contributed by atoms with Crippen LogP contribution in [0.1, 0.15) is 34.6 Å². The van der Waals surface area contributed by atoms with Crippen molar-refractivity contribution in [1.82, 2.24) is 0 Å². The minimum atomic E-state index is -2.22. The molecule has 9 nitrogen and oxygen atoms in total. The lowest BCUT2D eigenvalue weighted by Crippen LogP contribution is -2.49. The number of rotatable bonds is 6. The summed E-state index contributed by atoms with van der Waals surface area (Å²) >= 11 is 0. The molecule has 2 aliphatic heterocycles. The zero-order chi connectivity index (χ0) is 20.1. The van der Waals surface area contributed by atoms with Crippen molar-refractivity contribution in [3.05, 3.63) is 10.1 Å². The van der Waals surface area contributed by atoms with Gasteiger partial charge >= 0.3 is 0 Å². The van der Waals surface area contributed by atoms with E-state index in [9.17, 15) is 20.3 Å². The maximum absolute atomic E-state index is 11.1. The summed E-state index contributed by atoms with van der Waals surface area (Å²) in [7, 11) is -2.22. The predicted molar refractivity (Wildman–Crippen MR) is 94.6 cm³/mol. The van der Waals surface area contributed by atoms with Crippen LogP contribution in [0.25, 0.3) is 0 Å². The molecule has 0 unspecified atom stereocenters. The van der Waals surface area contributed by atoms with Crippen molar-refractivity contribution in [2.45, 2.75) is 95.3 Å². The van der Waals surface area contributed by atoms with Gasteiger partial charge in [0.2, 0.25) is 0 Å². The second-order valence-electron chi connectivity index (χ2n) is 8.94. The second kappa shape index (κ2) is 7.08. The number of nitro groups is 1. The first-order chi connectivity index (χ1) is 11.7. The summed E-state index contributed by atoms with van der Waals surface area (Å²) < 4.78 is 23.9. The van der Waals surface area contributed by atoms with Crippen molar-refractivity contribution >= 4 is 8.32 Å². The first-order valence-electron chi connectivity index (χ1n) is 8.81. The Hall–Kier alpha value is -0.623. The summed E-state index contributed by atoms with van der Waals surface area (Å²) in [5.41, 5.74) is 0. The molecule has 2 fully saturated rings. The normalized spacial score (nSPS) is 33.7. The Morgan fingerprint density at radius 1 is 1.27 bits per heavy atom. The number of fused-ring (bicyclic) bond motifs is 1. The van der Waals surface area contributed by atoms with Crippen molar-refractivity contribution in [2.75, 3.05) is 6.61 Å². The van der Waals surface area contributed by atoms with Gasteiger partial charge in [-0.15, -0.1) is 0 Å². The average molecular weight is 394 g/mol. The molecule has 0 amide bonds. The summed E-state index contributed by atoms with van der Waals surface area (Å²) in [5.74, 6) is -0.921. The van der Waals surface area contributed by atoms with E-state index in [-0.39, 0.29) is 5.04 Å². The van der Waals surface area contributed by atoms with E-state index in [4.69, 9.17) is 18.6 Å². The lowest BCUT2D eigenvalue weighted by atomic mass is 10.0. The number of hydrogen-bond donors (Lipinski definition) is 2. The summed E-state index contributed by atoms with van der Waals surface area (Å²) in [6.07, 6.45) is -4.70. The molecule has 6 atom stereocenters. The van der Waals surface area contributed by atoms with E-state index in [0.29, 0.717) is 0 Å². The Morgan fingerprint density at radius 3 is 2.27 bits per heavy atom. The fraction of sp³-hybridized carbons (Fsp3) is 1.00. The highest BCUT2D eigenvalue weighted by Gasteiger charge is 2.61. The molecule has 10 heteroatoms. The van der Waals surface area contributed by atoms with Crippen LogP contribution in [0, 0.1) is 10.1 Å². The van der Waals surface area contributed by atoms with Crippen molar-refractivity contribution in [3.63, 3.8) is 0 Å². The van der Waals surface area contributed by atoms with E-state index in [0.717, 1.165) is 0 Å². The fourth-order valence-corrected chi connectivity index (χ4v) is 4.07. The molecule has 0 bridgehead atoms. The van der Waals surface area contributed by atoms with E-state index in [1.165, 1.54) is 0 Å². The zero-order valence-corrected chi connectivity index (χ0v) is 17.5. The van der Waals surface area contributed by atoms with Crippen LogP contribution in [-0.2, 0) is 18.6 Å². The topological polar surface area (TPSA) is 121 Å². The molecule has 0 aromatic heterocycles. The highest BCUT2D eigenvalue weighted by atomic mass is 28.4. The van der Waals surface area contributed by atoms with E-state index >= 15 is 0 Å². The van der Waals surface area contributed by atoms with E-state index < -0.39 is 62.4 Å². The van der Waals surface area contributed by atoms with Gasteiger partial charge in [-0.3, -0.25) is 10.1 Å². The van der Waals surface area contributed by atoms with Crippen LogP contribution < -0.4 is 0 Å². The average Bonchev–Trinajstić information content (AvgIpc) is 2.92. The summed E-state index contributed by atoms with van der Waals surface area (Å²) in [5, 5.41) is 30.8. The minimum absolute atomic E-state index is 0.0774. The van der Waals surface area contributed by atoms with Crippen molar-refractivity contribution in [2.24, 2.45) is 0 Å². The van der Waals surface area contributed by atoms with Crippen molar-refractivity contribution in [3.8, 4) is 0 Å². The molecule has 152 valence electrons. The van der Waals surface area contributed by atoms with Crippen LogP contribution in [0.2, 0.25) is 18.1 Å². The Labute approximate surface area is 154 Å². The Balaban J connectivity index is 2.26.